The van der Waals surface area contributed by atoms with Crippen LogP contribution in [0.2, 0.25) is 10.0 Å². The summed E-state index contributed by atoms with van der Waals surface area (Å²) < 4.78 is 1.02. The van der Waals surface area contributed by atoms with E-state index in [1.54, 1.807) is 18.2 Å². The van der Waals surface area contributed by atoms with Gasteiger partial charge in [-0.05, 0) is 42.5 Å². The first-order valence-electron chi connectivity index (χ1n) is 7.05. The number of thiazole rings is 1. The number of hydrogen-bond acceptors (Lipinski definition) is 4. The predicted molar refractivity (Wildman–Crippen MR) is 109 cm³/mol. The summed E-state index contributed by atoms with van der Waals surface area (Å²) in [6.45, 7) is 0. The molecule has 0 saturated heterocycles. The lowest BCUT2D eigenvalue weighted by Crippen LogP contribution is -2.24. The molecule has 0 unspecified atom stereocenters. The van der Waals surface area contributed by atoms with Gasteiger partial charge < -0.3 is 10.6 Å². The van der Waals surface area contributed by atoms with Gasteiger partial charge in [-0.25, -0.2) is 4.98 Å². The quantitative estimate of drug-likeness (QED) is 0.448. The van der Waals surface area contributed by atoms with Gasteiger partial charge in [-0.15, -0.1) is 11.3 Å². The van der Waals surface area contributed by atoms with E-state index in [1.165, 1.54) is 17.5 Å². The number of anilines is 1. The highest BCUT2D eigenvalue weighted by atomic mass is 35.5. The van der Waals surface area contributed by atoms with Crippen molar-refractivity contribution in [2.45, 2.75) is 0 Å². The monoisotopic (exact) mass is 404 g/mol. The highest BCUT2D eigenvalue weighted by molar-refractivity contribution is 7.80. The number of nitrogens with one attached hydrogen (secondary N) is 2. The minimum Gasteiger partial charge on any atom is -0.338 e. The number of aromatic nitrogens is 1. The Bertz CT molecular complexity index is 988. The van der Waals surface area contributed by atoms with Crippen LogP contribution in [-0.4, -0.2) is 10.1 Å². The Hall–Kier alpha value is -2.17. The first-order chi connectivity index (χ1) is 12.1. The van der Waals surface area contributed by atoms with Crippen LogP contribution >= 0.6 is 46.8 Å². The summed E-state index contributed by atoms with van der Waals surface area (Å²) in [4.78, 5) is 4.46. The van der Waals surface area contributed by atoms with E-state index in [9.17, 15) is 5.26 Å². The van der Waals surface area contributed by atoms with E-state index in [0.717, 1.165) is 10.2 Å². The normalized spacial score (nSPS) is 11.2. The van der Waals surface area contributed by atoms with Gasteiger partial charge in [0.05, 0.1) is 20.9 Å². The Kier molecular flexibility index (Phi) is 5.51. The van der Waals surface area contributed by atoms with Crippen molar-refractivity contribution in [2.75, 3.05) is 5.32 Å². The van der Waals surface area contributed by atoms with Crippen LogP contribution in [0, 0.1) is 11.3 Å². The van der Waals surface area contributed by atoms with Crippen LogP contribution in [0.4, 0.5) is 5.69 Å². The van der Waals surface area contributed by atoms with Gasteiger partial charge in [0, 0.05) is 11.2 Å². The first kappa shape index (κ1) is 17.6. The zero-order valence-corrected chi connectivity index (χ0v) is 15.7. The van der Waals surface area contributed by atoms with E-state index in [4.69, 9.17) is 35.4 Å². The van der Waals surface area contributed by atoms with Gasteiger partial charge in [-0.3, -0.25) is 0 Å². The van der Waals surface area contributed by atoms with Crippen LogP contribution in [0.25, 0.3) is 15.8 Å². The molecule has 4 nitrogen and oxygen atoms in total. The third-order valence-electron chi connectivity index (χ3n) is 3.17. The predicted octanol–water partition coefficient (Wildman–Crippen LogP) is 5.45. The Morgan fingerprint density at radius 2 is 2.04 bits per heavy atom. The topological polar surface area (TPSA) is 60.7 Å². The second kappa shape index (κ2) is 7.81. The first-order valence-corrected chi connectivity index (χ1v) is 9.03. The fourth-order valence-corrected chi connectivity index (χ4v) is 3.46. The number of thiocarbonyl (C=S) groups is 1. The van der Waals surface area contributed by atoms with Crippen LogP contribution in [0.15, 0.2) is 48.7 Å². The summed E-state index contributed by atoms with van der Waals surface area (Å²) in [5.41, 5.74) is 1.83. The molecule has 0 spiro atoms. The molecule has 2 aromatic carbocycles. The van der Waals surface area contributed by atoms with E-state index >= 15 is 0 Å². The molecule has 0 fully saturated rings. The second-order valence-electron chi connectivity index (χ2n) is 4.88. The third kappa shape index (κ3) is 4.27. The van der Waals surface area contributed by atoms with Crippen LogP contribution in [0.5, 0.6) is 0 Å². The zero-order chi connectivity index (χ0) is 17.8. The van der Waals surface area contributed by atoms with Crippen molar-refractivity contribution in [2.24, 2.45) is 0 Å². The summed E-state index contributed by atoms with van der Waals surface area (Å²) >= 11 is 18.7. The Balaban J connectivity index is 1.75. The lowest BCUT2D eigenvalue weighted by Gasteiger charge is -2.09. The molecule has 25 heavy (non-hydrogen) atoms. The highest BCUT2D eigenvalue weighted by Crippen LogP contribution is 2.27. The maximum absolute atomic E-state index is 9.39. The van der Waals surface area contributed by atoms with Crippen LogP contribution in [0.3, 0.4) is 0 Å². The Morgan fingerprint density at radius 1 is 1.24 bits per heavy atom. The average molecular weight is 405 g/mol. The molecule has 1 heterocycles. The average Bonchev–Trinajstić information content (AvgIpc) is 3.02. The molecule has 0 amide bonds. The zero-order valence-electron chi connectivity index (χ0n) is 12.6. The van der Waals surface area contributed by atoms with E-state index in [1.807, 2.05) is 24.3 Å². The van der Waals surface area contributed by atoms with Crippen molar-refractivity contribution in [1.82, 2.24) is 10.3 Å². The van der Waals surface area contributed by atoms with Crippen LogP contribution in [-0.2, 0) is 0 Å². The van der Waals surface area contributed by atoms with Gasteiger partial charge in [0.2, 0.25) is 0 Å². The third-order valence-corrected chi connectivity index (χ3v) is 5.02. The molecular weight excluding hydrogens is 395 g/mol. The number of allylic oxidation sites excluding steroid dienone is 1. The number of rotatable bonds is 3. The minimum atomic E-state index is 0.290. The fraction of sp³-hybridized carbons (Fsp3) is 0. The number of nitrogens with zero attached hydrogens (tertiary/aromatic N) is 2. The molecule has 0 aliphatic heterocycles. The smallest absolute Gasteiger partial charge is 0.174 e. The molecule has 1 aromatic heterocycles. The number of para-hydroxylation sites is 1. The Morgan fingerprint density at radius 3 is 2.80 bits per heavy atom. The lowest BCUT2D eigenvalue weighted by atomic mass is 10.3. The van der Waals surface area contributed by atoms with Crippen molar-refractivity contribution in [3.63, 3.8) is 0 Å². The van der Waals surface area contributed by atoms with Crippen molar-refractivity contribution in [3.8, 4) is 6.07 Å². The van der Waals surface area contributed by atoms with E-state index in [2.05, 4.69) is 21.7 Å². The molecule has 0 radical (unpaired) electrons. The maximum Gasteiger partial charge on any atom is 0.174 e. The minimum absolute atomic E-state index is 0.290. The number of hydrogen-bond donors (Lipinski definition) is 2. The van der Waals surface area contributed by atoms with Gasteiger partial charge in [0.15, 0.2) is 5.11 Å². The van der Waals surface area contributed by atoms with Crippen molar-refractivity contribution in [3.05, 3.63) is 63.7 Å². The summed E-state index contributed by atoms with van der Waals surface area (Å²) in [6, 6.07) is 14.9. The fourth-order valence-electron chi connectivity index (χ4n) is 2.02. The van der Waals surface area contributed by atoms with Gasteiger partial charge in [-0.1, -0.05) is 35.3 Å². The number of fused-ring (bicyclic) bond motifs is 1. The van der Waals surface area contributed by atoms with Gasteiger partial charge in [0.25, 0.3) is 0 Å². The summed E-state index contributed by atoms with van der Waals surface area (Å²) in [5, 5.41) is 17.2. The van der Waals surface area contributed by atoms with Crippen LogP contribution < -0.4 is 10.6 Å². The maximum atomic E-state index is 9.39. The molecular formula is C17H10Cl2N4S2. The molecule has 0 atom stereocenters. The van der Waals surface area contributed by atoms with Crippen molar-refractivity contribution in [1.29, 1.82) is 5.26 Å². The summed E-state index contributed by atoms with van der Waals surface area (Å²) in [7, 11) is 0. The largest absolute Gasteiger partial charge is 0.338 e. The highest BCUT2D eigenvalue weighted by Gasteiger charge is 2.09. The van der Waals surface area contributed by atoms with Gasteiger partial charge in [-0.2, -0.15) is 5.26 Å². The number of nitriles is 1. The molecule has 124 valence electrons. The van der Waals surface area contributed by atoms with Crippen LogP contribution in [0.1, 0.15) is 5.01 Å². The molecule has 3 aromatic rings. The standard InChI is InChI=1S/C17H10Cl2N4S2/c18-11-5-6-12(19)14(7-11)23-17(24)21-9-10(8-20)16-22-13-3-1-2-4-15(13)25-16/h1-7,9H,(H2,21,23,24)/b10-9+. The molecule has 3 rings (SSSR count). The summed E-state index contributed by atoms with van der Waals surface area (Å²) in [5.74, 6) is 0. The SMILES string of the molecule is N#C/C(=C\NC(=S)Nc1cc(Cl)ccc1Cl)c1nc2ccccc2s1. The second-order valence-corrected chi connectivity index (χ2v) is 7.16. The number of benzene rings is 2. The van der Waals surface area contributed by atoms with E-state index in [0.29, 0.717) is 26.3 Å². The summed E-state index contributed by atoms with van der Waals surface area (Å²) in [6.07, 6.45) is 1.52. The van der Waals surface area contributed by atoms with E-state index < -0.39 is 0 Å². The Labute approximate surface area is 163 Å². The van der Waals surface area contributed by atoms with Crippen molar-refractivity contribution >= 4 is 73.3 Å². The van der Waals surface area contributed by atoms with Gasteiger partial charge in [0.1, 0.15) is 16.6 Å². The lowest BCUT2D eigenvalue weighted by molar-refractivity contribution is 1.29. The molecule has 0 saturated carbocycles. The molecule has 0 aliphatic rings. The number of halogens is 2. The molecule has 0 aliphatic carbocycles. The molecule has 0 bridgehead atoms. The van der Waals surface area contributed by atoms with Gasteiger partial charge >= 0.3 is 0 Å². The van der Waals surface area contributed by atoms with Crippen molar-refractivity contribution < 1.29 is 0 Å². The van der Waals surface area contributed by atoms with E-state index in [-0.39, 0.29) is 5.11 Å². The molecule has 8 heteroatoms. The molecule has 2 N–H and O–H groups in total.